The third kappa shape index (κ3) is 2.33. The van der Waals surface area contributed by atoms with Gasteiger partial charge in [0.15, 0.2) is 0 Å². The number of amides is 1. The van der Waals surface area contributed by atoms with Gasteiger partial charge in [-0.25, -0.2) is 8.78 Å². The predicted molar refractivity (Wildman–Crippen MR) is 59.7 cm³/mol. The molecule has 1 atom stereocenters. The number of carbonyl (C=O) groups excluding carboxylic acids is 1. The van der Waals surface area contributed by atoms with Gasteiger partial charge >= 0.3 is 0 Å². The summed E-state index contributed by atoms with van der Waals surface area (Å²) >= 11 is 0. The molecule has 1 aliphatic rings. The zero-order chi connectivity index (χ0) is 12.6. The highest BCUT2D eigenvalue weighted by molar-refractivity contribution is 6.13. The first-order valence-corrected chi connectivity index (χ1v) is 5.32. The van der Waals surface area contributed by atoms with Crippen LogP contribution in [0.1, 0.15) is 19.4 Å². The number of hydrogen-bond donors (Lipinski definition) is 1. The summed E-state index contributed by atoms with van der Waals surface area (Å²) in [6.07, 6.45) is 0. The molecule has 5 heteroatoms. The molecule has 0 radical (unpaired) electrons. The quantitative estimate of drug-likeness (QED) is 0.839. The van der Waals surface area contributed by atoms with E-state index in [1.807, 2.05) is 13.8 Å². The van der Waals surface area contributed by atoms with Gasteiger partial charge in [-0.2, -0.15) is 0 Å². The van der Waals surface area contributed by atoms with Gasteiger partial charge in [0.1, 0.15) is 23.5 Å². The zero-order valence-corrected chi connectivity index (χ0v) is 9.50. The molecular formula is C12H12F2N2O. The Bertz CT molecular complexity index is 477. The Morgan fingerprint density at radius 3 is 2.29 bits per heavy atom. The maximum atomic E-state index is 13.0. The Kier molecular flexibility index (Phi) is 2.92. The van der Waals surface area contributed by atoms with Crippen molar-refractivity contribution in [3.63, 3.8) is 0 Å². The number of hydrogen-bond acceptors (Lipinski definition) is 2. The molecule has 1 amide bonds. The van der Waals surface area contributed by atoms with E-state index in [0.29, 0.717) is 0 Å². The van der Waals surface area contributed by atoms with E-state index < -0.39 is 17.7 Å². The first kappa shape index (κ1) is 11.7. The van der Waals surface area contributed by atoms with E-state index in [0.717, 1.165) is 18.2 Å². The Balaban J connectivity index is 2.35. The molecule has 0 saturated carbocycles. The summed E-state index contributed by atoms with van der Waals surface area (Å²) in [6, 6.07) is 2.58. The lowest BCUT2D eigenvalue weighted by Gasteiger charge is -2.06. The minimum absolute atomic E-state index is 0.0471. The molecule has 3 nitrogen and oxygen atoms in total. The number of amidine groups is 1. The summed E-state index contributed by atoms with van der Waals surface area (Å²) in [5.74, 6) is -1.34. The molecule has 1 heterocycles. The van der Waals surface area contributed by atoms with Gasteiger partial charge in [0.25, 0.3) is 5.91 Å². The molecular weight excluding hydrogens is 226 g/mol. The largest absolute Gasteiger partial charge is 0.309 e. The molecule has 0 aliphatic carbocycles. The summed E-state index contributed by atoms with van der Waals surface area (Å²) in [5, 5.41) is 2.53. The average molecular weight is 238 g/mol. The van der Waals surface area contributed by atoms with Crippen LogP contribution < -0.4 is 5.32 Å². The van der Waals surface area contributed by atoms with Gasteiger partial charge in [-0.3, -0.25) is 9.79 Å². The van der Waals surface area contributed by atoms with Crippen LogP contribution >= 0.6 is 0 Å². The van der Waals surface area contributed by atoms with Crippen molar-refractivity contribution in [1.82, 2.24) is 5.32 Å². The second-order valence-electron chi connectivity index (χ2n) is 4.31. The summed E-state index contributed by atoms with van der Waals surface area (Å²) < 4.78 is 26.1. The summed E-state index contributed by atoms with van der Waals surface area (Å²) in [4.78, 5) is 15.7. The maximum Gasteiger partial charge on any atom is 0.250 e. The molecule has 0 fully saturated rings. The molecule has 1 aromatic rings. The van der Waals surface area contributed by atoms with Crippen molar-refractivity contribution in [2.24, 2.45) is 10.9 Å². The number of rotatable bonds is 2. The van der Waals surface area contributed by atoms with Gasteiger partial charge in [-0.05, 0) is 18.1 Å². The molecule has 0 aromatic heterocycles. The number of halogens is 2. The fourth-order valence-corrected chi connectivity index (χ4v) is 1.71. The molecule has 2 rings (SSSR count). The highest BCUT2D eigenvalue weighted by atomic mass is 19.1. The molecule has 17 heavy (non-hydrogen) atoms. The molecule has 1 N–H and O–H groups in total. The number of benzene rings is 1. The van der Waals surface area contributed by atoms with Gasteiger partial charge in [0.05, 0.1) is 0 Å². The number of nitrogens with zero attached hydrogens (tertiary/aromatic N) is 1. The normalized spacial score (nSPS) is 19.5. The first-order valence-electron chi connectivity index (χ1n) is 5.32. The third-order valence-corrected chi connectivity index (χ3v) is 2.55. The lowest BCUT2D eigenvalue weighted by atomic mass is 10.1. The van der Waals surface area contributed by atoms with Crippen LogP contribution in [0.25, 0.3) is 0 Å². The van der Waals surface area contributed by atoms with Crippen LogP contribution in [0.4, 0.5) is 8.78 Å². The summed E-state index contributed by atoms with van der Waals surface area (Å²) in [5.41, 5.74) is 0.249. The van der Waals surface area contributed by atoms with Crippen LogP contribution in [0.5, 0.6) is 0 Å². The van der Waals surface area contributed by atoms with E-state index in [2.05, 4.69) is 10.3 Å². The maximum absolute atomic E-state index is 13.0. The van der Waals surface area contributed by atoms with Gasteiger partial charge in [-0.15, -0.1) is 0 Å². The highest BCUT2D eigenvalue weighted by Gasteiger charge is 2.29. The summed E-state index contributed by atoms with van der Waals surface area (Å²) in [6.45, 7) is 3.73. The fourth-order valence-electron chi connectivity index (χ4n) is 1.71. The van der Waals surface area contributed by atoms with Crippen molar-refractivity contribution in [3.8, 4) is 0 Å². The number of nitrogens with one attached hydrogen (secondary N) is 1. The van der Waals surface area contributed by atoms with E-state index in [1.54, 1.807) is 0 Å². The molecule has 1 aliphatic heterocycles. The standard InChI is InChI=1S/C12H12F2N2O/c1-6(2)10-12(17)16-11(15-10)7-3-8(13)5-9(14)4-7/h3-6,10H,1-2H3,(H,15,16,17). The van der Waals surface area contributed by atoms with Crippen LogP contribution in [0.2, 0.25) is 0 Å². The second kappa shape index (κ2) is 4.24. The minimum Gasteiger partial charge on any atom is -0.309 e. The summed E-state index contributed by atoms with van der Waals surface area (Å²) in [7, 11) is 0. The van der Waals surface area contributed by atoms with Crippen LogP contribution in [-0.4, -0.2) is 17.8 Å². The van der Waals surface area contributed by atoms with Crippen molar-refractivity contribution in [3.05, 3.63) is 35.4 Å². The Labute approximate surface area is 97.6 Å². The third-order valence-electron chi connectivity index (χ3n) is 2.55. The lowest BCUT2D eigenvalue weighted by molar-refractivity contribution is -0.120. The van der Waals surface area contributed by atoms with Crippen molar-refractivity contribution in [2.45, 2.75) is 19.9 Å². The minimum atomic E-state index is -0.690. The van der Waals surface area contributed by atoms with E-state index in [-0.39, 0.29) is 23.2 Å². The fraction of sp³-hybridized carbons (Fsp3) is 0.333. The van der Waals surface area contributed by atoms with Crippen LogP contribution in [0.15, 0.2) is 23.2 Å². The topological polar surface area (TPSA) is 41.5 Å². The van der Waals surface area contributed by atoms with E-state index in [4.69, 9.17) is 0 Å². The van der Waals surface area contributed by atoms with Gasteiger partial charge < -0.3 is 5.32 Å². The molecule has 0 spiro atoms. The smallest absolute Gasteiger partial charge is 0.250 e. The van der Waals surface area contributed by atoms with Crippen LogP contribution in [-0.2, 0) is 4.79 Å². The van der Waals surface area contributed by atoms with E-state index >= 15 is 0 Å². The molecule has 1 aromatic carbocycles. The first-order chi connectivity index (χ1) is 7.97. The monoisotopic (exact) mass is 238 g/mol. The van der Waals surface area contributed by atoms with Crippen LogP contribution in [0.3, 0.4) is 0 Å². The van der Waals surface area contributed by atoms with E-state index in [1.165, 1.54) is 0 Å². The van der Waals surface area contributed by atoms with Gasteiger partial charge in [-0.1, -0.05) is 13.8 Å². The molecule has 0 bridgehead atoms. The predicted octanol–water partition coefficient (Wildman–Crippen LogP) is 1.87. The van der Waals surface area contributed by atoms with Gasteiger partial charge in [0.2, 0.25) is 0 Å². The molecule has 1 unspecified atom stereocenters. The van der Waals surface area contributed by atoms with E-state index in [9.17, 15) is 13.6 Å². The Morgan fingerprint density at radius 1 is 1.24 bits per heavy atom. The molecule has 90 valence electrons. The van der Waals surface area contributed by atoms with Crippen LogP contribution in [0, 0.1) is 17.6 Å². The number of aliphatic imine (C=N–C) groups is 1. The van der Waals surface area contributed by atoms with Crippen molar-refractivity contribution < 1.29 is 13.6 Å². The Morgan fingerprint density at radius 2 is 1.82 bits per heavy atom. The molecule has 0 saturated heterocycles. The van der Waals surface area contributed by atoms with Gasteiger partial charge in [0, 0.05) is 11.6 Å². The average Bonchev–Trinajstić information content (AvgIpc) is 2.59. The van der Waals surface area contributed by atoms with Crippen molar-refractivity contribution >= 4 is 11.7 Å². The Hall–Kier alpha value is -1.78. The van der Waals surface area contributed by atoms with Crippen molar-refractivity contribution in [1.29, 1.82) is 0 Å². The highest BCUT2D eigenvalue weighted by Crippen LogP contribution is 2.16. The SMILES string of the molecule is CC(C)C1N=C(c2cc(F)cc(F)c2)NC1=O. The second-order valence-corrected chi connectivity index (χ2v) is 4.31. The van der Waals surface area contributed by atoms with Crippen molar-refractivity contribution in [2.75, 3.05) is 0 Å². The number of carbonyl (C=O) groups is 1. The lowest BCUT2D eigenvalue weighted by Crippen LogP contribution is -2.31. The zero-order valence-electron chi connectivity index (χ0n) is 9.50.